The summed E-state index contributed by atoms with van der Waals surface area (Å²) in [7, 11) is 1.71. The fourth-order valence-electron chi connectivity index (χ4n) is 8.28. The number of imidazole rings is 1. The van der Waals surface area contributed by atoms with Gasteiger partial charge in [0.15, 0.2) is 11.9 Å². The first-order valence-electron chi connectivity index (χ1n) is 25.5. The zero-order valence-electron chi connectivity index (χ0n) is 43.7. The van der Waals surface area contributed by atoms with Crippen LogP contribution in [0, 0.1) is 0 Å². The van der Waals surface area contributed by atoms with Gasteiger partial charge in [-0.2, -0.15) is 0 Å². The molecule has 27 nitrogen and oxygen atoms in total. The lowest BCUT2D eigenvalue weighted by Gasteiger charge is -2.28. The van der Waals surface area contributed by atoms with E-state index in [1.54, 1.807) is 61.8 Å². The maximum Gasteiger partial charge on any atom is 0.326 e. The number of guanidine groups is 2. The molecule has 2 heterocycles. The van der Waals surface area contributed by atoms with Crippen molar-refractivity contribution in [3.63, 3.8) is 0 Å². The second-order valence-electron chi connectivity index (χ2n) is 18.4. The summed E-state index contributed by atoms with van der Waals surface area (Å²) in [4.78, 5) is 140. The van der Waals surface area contributed by atoms with Crippen LogP contribution in [0.25, 0.3) is 10.9 Å². The molecule has 0 aliphatic rings. The molecule has 78 heavy (non-hydrogen) atoms. The predicted octanol–water partition coefficient (Wildman–Crippen LogP) is -2.50. The lowest BCUT2D eigenvalue weighted by molar-refractivity contribution is -0.142. The molecule has 27 heteroatoms. The van der Waals surface area contributed by atoms with Crippen LogP contribution in [-0.4, -0.2) is 155 Å². The Kier molecular flexibility index (Phi) is 25.7. The number of aliphatic carboxylic acids is 1. The van der Waals surface area contributed by atoms with E-state index in [9.17, 15) is 48.3 Å². The molecule has 2 aromatic heterocycles. The Bertz CT molecular complexity index is 2670. The van der Waals surface area contributed by atoms with Crippen molar-refractivity contribution in [2.75, 3.05) is 26.7 Å². The molecule has 0 spiro atoms. The molecule has 3 unspecified atom stereocenters. The quantitative estimate of drug-likeness (QED) is 0.00980. The third kappa shape index (κ3) is 21.4. The van der Waals surface area contributed by atoms with Gasteiger partial charge in [-0.15, -0.1) is 0 Å². The van der Waals surface area contributed by atoms with Crippen molar-refractivity contribution in [1.82, 2.24) is 57.5 Å². The number of nitrogens with zero attached hydrogens (tertiary/aromatic N) is 3. The van der Waals surface area contributed by atoms with E-state index in [4.69, 9.17) is 22.9 Å². The average Bonchev–Trinajstić information content (AvgIpc) is 4.08. The van der Waals surface area contributed by atoms with Crippen LogP contribution in [0.15, 0.2) is 83.3 Å². The Hall–Kier alpha value is -8.88. The van der Waals surface area contributed by atoms with Crippen LogP contribution in [0.4, 0.5) is 0 Å². The first-order valence-corrected chi connectivity index (χ1v) is 25.5. The number of aliphatic imine (C=N–C) groups is 2. The second kappa shape index (κ2) is 32.5. The SMILES string of the molecule is CNCCCC(NC(=O)[C@H](CCCN=C(N)N)NC(C)=O)C(=O)N[C@@H](Cc1cnc[nH]1)C(=O)NC(Cc1ccccc1)C(=O)N[C@@H](CCCN=C(N)N)C(=O)N[C@@H](Cc1c[nH]c2ccccc12)C(=O)NC(CCC=O)C(=O)O. The van der Waals surface area contributed by atoms with Crippen molar-refractivity contribution >= 4 is 76.4 Å². The van der Waals surface area contributed by atoms with Crippen molar-refractivity contribution in [1.29, 1.82) is 0 Å². The number of aromatic amines is 2. The van der Waals surface area contributed by atoms with E-state index in [2.05, 4.69) is 67.5 Å². The van der Waals surface area contributed by atoms with Crippen molar-refractivity contribution < 1.29 is 48.3 Å². The predicted molar refractivity (Wildman–Crippen MR) is 290 cm³/mol. The fraction of sp³-hybridized carbons (Fsp3) is 0.451. The Morgan fingerprint density at radius 3 is 1.60 bits per heavy atom. The van der Waals surface area contributed by atoms with Gasteiger partial charge < -0.3 is 85.3 Å². The zero-order valence-corrected chi connectivity index (χ0v) is 43.7. The standard InChI is InChI=1S/C51H73N17O10/c1-30(70)62-36(17-9-21-58-50(52)53)43(71)63-37(16-8-20-56-2)45(73)68-42(26-33-28-57-29-61-33)48(76)66-40(24-31-12-4-3-5-13-31)46(74)64-38(18-10-22-59-51(54)55)44(72)67-41(47(75)65-39(49(77)78)19-11-23-69)25-32-27-60-35-15-7-6-14-34(32)35/h3-7,12-15,23,27-29,36-42,56,60H,8-11,16-22,24-26H2,1-2H3,(H,57,61)(H,62,70)(H,63,71)(H,64,74)(H,65,75)(H,66,76)(H,67,72)(H,68,73)(H,77,78)(H4,52,53,58)(H4,54,55,59)/t36-,37?,38-,39?,40?,41-,42-/m0/s1. The highest BCUT2D eigenvalue weighted by Gasteiger charge is 2.35. The summed E-state index contributed by atoms with van der Waals surface area (Å²) in [5, 5.41) is 32.3. The number of H-pyrrole nitrogens is 2. The summed E-state index contributed by atoms with van der Waals surface area (Å²) in [5.41, 5.74) is 24.4. The van der Waals surface area contributed by atoms with Crippen molar-refractivity contribution in [3.8, 4) is 0 Å². The van der Waals surface area contributed by atoms with Gasteiger partial charge in [-0.05, 0) is 75.7 Å². The summed E-state index contributed by atoms with van der Waals surface area (Å²) >= 11 is 0. The van der Waals surface area contributed by atoms with Crippen molar-refractivity contribution in [2.24, 2.45) is 32.9 Å². The van der Waals surface area contributed by atoms with Crippen LogP contribution >= 0.6 is 0 Å². The first kappa shape index (κ1) is 61.7. The monoisotopic (exact) mass is 1080 g/mol. The number of carbonyl (C=O) groups excluding carboxylic acids is 8. The van der Waals surface area contributed by atoms with Gasteiger partial charge in [0.1, 0.15) is 48.6 Å². The number of rotatable bonds is 35. The number of carbonyl (C=O) groups is 9. The van der Waals surface area contributed by atoms with Crippen LogP contribution in [0.3, 0.4) is 0 Å². The minimum Gasteiger partial charge on any atom is -0.480 e. The van der Waals surface area contributed by atoms with E-state index >= 15 is 0 Å². The topological polar surface area (TPSA) is 443 Å². The molecule has 0 aliphatic carbocycles. The normalized spacial score (nSPS) is 13.6. The molecule has 19 N–H and O–H groups in total. The third-order valence-electron chi connectivity index (χ3n) is 12.2. The van der Waals surface area contributed by atoms with Gasteiger partial charge in [-0.3, -0.25) is 43.5 Å². The number of aldehydes is 1. The molecule has 2 aromatic carbocycles. The summed E-state index contributed by atoms with van der Waals surface area (Å²) in [6.45, 7) is 1.90. The van der Waals surface area contributed by atoms with E-state index < -0.39 is 89.6 Å². The van der Waals surface area contributed by atoms with Crippen molar-refractivity contribution in [2.45, 2.75) is 120 Å². The number of carboxylic acid groups (broad SMARTS) is 1. The number of carboxylic acids is 1. The highest BCUT2D eigenvalue weighted by Crippen LogP contribution is 2.20. The van der Waals surface area contributed by atoms with E-state index in [-0.39, 0.29) is 82.8 Å². The molecule has 0 radical (unpaired) electrons. The van der Waals surface area contributed by atoms with Crippen LogP contribution in [-0.2, 0) is 62.4 Å². The number of aromatic nitrogens is 3. The van der Waals surface area contributed by atoms with Gasteiger partial charge in [0.2, 0.25) is 41.4 Å². The number of hydrogen-bond donors (Lipinski definition) is 15. The molecule has 0 bridgehead atoms. The number of para-hydroxylation sites is 1. The summed E-state index contributed by atoms with van der Waals surface area (Å²) in [5.74, 6) is -7.12. The zero-order chi connectivity index (χ0) is 57.0. The van der Waals surface area contributed by atoms with Gasteiger partial charge >= 0.3 is 5.97 Å². The van der Waals surface area contributed by atoms with Gasteiger partial charge in [0, 0.05) is 74.7 Å². The largest absolute Gasteiger partial charge is 0.480 e. The number of benzene rings is 2. The van der Waals surface area contributed by atoms with Crippen LogP contribution in [0.2, 0.25) is 0 Å². The number of fused-ring (bicyclic) bond motifs is 1. The smallest absolute Gasteiger partial charge is 0.326 e. The molecular weight excluding hydrogens is 1010 g/mol. The molecule has 0 fully saturated rings. The lowest BCUT2D eigenvalue weighted by Crippen LogP contribution is -2.60. The Morgan fingerprint density at radius 2 is 1.09 bits per heavy atom. The molecule has 0 saturated heterocycles. The second-order valence-corrected chi connectivity index (χ2v) is 18.4. The summed E-state index contributed by atoms with van der Waals surface area (Å²) in [6.07, 6.45) is 5.15. The highest BCUT2D eigenvalue weighted by molar-refractivity contribution is 5.98. The van der Waals surface area contributed by atoms with Gasteiger partial charge in [0.05, 0.1) is 6.33 Å². The van der Waals surface area contributed by atoms with Crippen LogP contribution < -0.4 is 65.5 Å². The molecule has 4 aromatic rings. The Balaban J connectivity index is 1.67. The van der Waals surface area contributed by atoms with E-state index in [1.807, 2.05) is 6.07 Å². The maximum absolute atomic E-state index is 14.7. The van der Waals surface area contributed by atoms with Crippen LogP contribution in [0.5, 0.6) is 0 Å². The molecule has 0 aliphatic heterocycles. The number of amides is 7. The average molecular weight is 1080 g/mol. The Labute approximate surface area is 450 Å². The highest BCUT2D eigenvalue weighted by atomic mass is 16.4. The molecular formula is C51H73N17O10. The van der Waals surface area contributed by atoms with Crippen LogP contribution in [0.1, 0.15) is 75.1 Å². The summed E-state index contributed by atoms with van der Waals surface area (Å²) < 4.78 is 0. The molecule has 0 saturated carbocycles. The minimum atomic E-state index is -1.48. The molecule has 7 amide bonds. The summed E-state index contributed by atoms with van der Waals surface area (Å²) in [6, 6.07) is 6.42. The van der Waals surface area contributed by atoms with Gasteiger partial charge in [-0.25, -0.2) is 9.78 Å². The minimum absolute atomic E-state index is 0.0289. The Morgan fingerprint density at radius 1 is 0.603 bits per heavy atom. The number of hydrogen-bond acceptors (Lipinski definition) is 13. The van der Waals surface area contributed by atoms with E-state index in [1.165, 1.54) is 19.4 Å². The molecule has 7 atom stereocenters. The molecule has 422 valence electrons. The van der Waals surface area contributed by atoms with Gasteiger partial charge in [-0.1, -0.05) is 48.5 Å². The van der Waals surface area contributed by atoms with E-state index in [0.29, 0.717) is 42.5 Å². The first-order chi connectivity index (χ1) is 37.4. The number of nitrogens with one attached hydrogen (secondary N) is 10. The third-order valence-corrected chi connectivity index (χ3v) is 12.2. The van der Waals surface area contributed by atoms with E-state index in [0.717, 1.165) is 10.9 Å². The number of nitrogens with two attached hydrogens (primary N) is 4. The molecule has 4 rings (SSSR count). The van der Waals surface area contributed by atoms with Gasteiger partial charge in [0.25, 0.3) is 0 Å². The maximum atomic E-state index is 14.7. The fourth-order valence-corrected chi connectivity index (χ4v) is 8.28. The lowest BCUT2D eigenvalue weighted by atomic mass is 10.0. The van der Waals surface area contributed by atoms with Crippen molar-refractivity contribution in [3.05, 3.63) is 90.1 Å².